The molecule has 1 aromatic rings. The summed E-state index contributed by atoms with van der Waals surface area (Å²) in [4.78, 5) is 3.94. The van der Waals surface area contributed by atoms with Gasteiger partial charge in [-0.3, -0.25) is 0 Å². The summed E-state index contributed by atoms with van der Waals surface area (Å²) in [5.74, 6) is 0.717. The lowest BCUT2D eigenvalue weighted by molar-refractivity contribution is 0.116. The van der Waals surface area contributed by atoms with E-state index in [4.69, 9.17) is 15.0 Å². The summed E-state index contributed by atoms with van der Waals surface area (Å²) in [5.41, 5.74) is 5.34. The number of nitrogen functional groups attached to an aromatic ring is 1. The van der Waals surface area contributed by atoms with Gasteiger partial charge in [-0.05, 0) is 11.6 Å². The van der Waals surface area contributed by atoms with Gasteiger partial charge in [0.05, 0.1) is 12.1 Å². The van der Waals surface area contributed by atoms with E-state index in [1.807, 2.05) is 0 Å². The van der Waals surface area contributed by atoms with Crippen LogP contribution in [0.2, 0.25) is 0 Å². The molecule has 2 unspecified atom stereocenters. The van der Waals surface area contributed by atoms with Crippen molar-refractivity contribution in [1.82, 2.24) is 15.5 Å². The zero-order valence-corrected chi connectivity index (χ0v) is 7.36. The average Bonchev–Trinajstić information content (AvgIpc) is 2.71. The summed E-state index contributed by atoms with van der Waals surface area (Å²) in [6.45, 7) is 0.809. The number of ether oxygens (including phenoxy) is 1. The largest absolute Gasteiger partial charge is 0.380 e. The van der Waals surface area contributed by atoms with Crippen LogP contribution in [0.1, 0.15) is 18.4 Å². The molecule has 1 aromatic heterocycles. The van der Waals surface area contributed by atoms with Gasteiger partial charge < -0.3 is 20.3 Å². The number of nitrogens with one attached hydrogen (secondary N) is 1. The van der Waals surface area contributed by atoms with Crippen molar-refractivity contribution in [3.63, 3.8) is 0 Å². The molecule has 3 N–H and O–H groups in total. The van der Waals surface area contributed by atoms with Gasteiger partial charge in [0.2, 0.25) is 5.89 Å². The maximum absolute atomic E-state index is 5.34. The zero-order valence-electron chi connectivity index (χ0n) is 7.36. The zero-order chi connectivity index (χ0) is 9.26. The van der Waals surface area contributed by atoms with Crippen molar-refractivity contribution in [3.05, 3.63) is 5.89 Å². The Bertz CT molecular complexity index is 288. The Morgan fingerprint density at radius 2 is 2.54 bits per heavy atom. The van der Waals surface area contributed by atoms with Crippen LogP contribution in [0.4, 0.5) is 5.95 Å². The summed E-state index contributed by atoms with van der Waals surface area (Å²) >= 11 is 0. The summed E-state index contributed by atoms with van der Waals surface area (Å²) < 4.78 is 10.1. The van der Waals surface area contributed by atoms with Gasteiger partial charge in [-0.1, -0.05) is 0 Å². The second-order valence-electron chi connectivity index (χ2n) is 3.05. The van der Waals surface area contributed by atoms with Crippen LogP contribution in [0.3, 0.4) is 0 Å². The summed E-state index contributed by atoms with van der Waals surface area (Å²) in [6, 6.07) is 0.0785. The van der Waals surface area contributed by atoms with Gasteiger partial charge in [0.1, 0.15) is 0 Å². The smallest absolute Gasteiger partial charge is 0.260 e. The number of rotatable bonds is 2. The van der Waals surface area contributed by atoms with Crippen LogP contribution in [0.15, 0.2) is 4.52 Å². The molecule has 0 spiro atoms. The molecule has 0 bridgehead atoms. The van der Waals surface area contributed by atoms with E-state index in [9.17, 15) is 0 Å². The van der Waals surface area contributed by atoms with Crippen LogP contribution in [0, 0.1) is 0 Å². The van der Waals surface area contributed by atoms with Gasteiger partial charge in [0.25, 0.3) is 5.95 Å². The van der Waals surface area contributed by atoms with Crippen LogP contribution in [0.25, 0.3) is 0 Å². The van der Waals surface area contributed by atoms with Gasteiger partial charge in [-0.2, -0.15) is 4.98 Å². The lowest BCUT2D eigenvalue weighted by Crippen LogP contribution is -2.16. The standard InChI is InChI=1S/C7H12N4O2/c1-12-4-2-5(9-3-4)6-10-7(8)11-13-6/h4-5,9H,2-3H2,1H3,(H2,8,11). The van der Waals surface area contributed by atoms with Crippen molar-refractivity contribution in [2.45, 2.75) is 18.6 Å². The molecule has 2 rings (SSSR count). The van der Waals surface area contributed by atoms with Crippen molar-refractivity contribution in [2.75, 3.05) is 19.4 Å². The molecule has 0 saturated carbocycles. The Hall–Kier alpha value is -1.14. The van der Waals surface area contributed by atoms with Crippen molar-refractivity contribution in [2.24, 2.45) is 0 Å². The van der Waals surface area contributed by atoms with Crippen LogP contribution in [0.5, 0.6) is 0 Å². The third-order valence-electron chi connectivity index (χ3n) is 2.18. The van der Waals surface area contributed by atoms with E-state index in [0.717, 1.165) is 13.0 Å². The molecule has 0 aliphatic carbocycles. The normalized spacial score (nSPS) is 28.1. The Balaban J connectivity index is 2.03. The second kappa shape index (κ2) is 3.31. The number of nitrogens with zero attached hydrogens (tertiary/aromatic N) is 2. The highest BCUT2D eigenvalue weighted by atomic mass is 16.5. The highest BCUT2D eigenvalue weighted by molar-refractivity contribution is 5.12. The minimum absolute atomic E-state index is 0.0785. The number of nitrogens with two attached hydrogens (primary N) is 1. The van der Waals surface area contributed by atoms with Gasteiger partial charge in [-0.15, -0.1) is 0 Å². The third-order valence-corrected chi connectivity index (χ3v) is 2.18. The molecule has 2 heterocycles. The van der Waals surface area contributed by atoms with E-state index in [2.05, 4.69) is 15.5 Å². The fourth-order valence-electron chi connectivity index (χ4n) is 1.46. The van der Waals surface area contributed by atoms with Crippen molar-refractivity contribution >= 4 is 5.95 Å². The summed E-state index contributed by atoms with van der Waals surface area (Å²) in [7, 11) is 1.69. The predicted molar refractivity (Wildman–Crippen MR) is 44.9 cm³/mol. The predicted octanol–water partition coefficient (Wildman–Crippen LogP) is -0.299. The first-order chi connectivity index (χ1) is 6.29. The van der Waals surface area contributed by atoms with E-state index in [1.54, 1.807) is 7.11 Å². The van der Waals surface area contributed by atoms with Crippen LogP contribution in [-0.4, -0.2) is 29.9 Å². The number of methoxy groups -OCH3 is 1. The molecule has 0 radical (unpaired) electrons. The Labute approximate surface area is 75.4 Å². The second-order valence-corrected chi connectivity index (χ2v) is 3.05. The SMILES string of the molecule is COC1CNC(c2nc(N)no2)C1. The summed E-state index contributed by atoms with van der Waals surface area (Å²) in [6.07, 6.45) is 1.07. The molecular weight excluding hydrogens is 172 g/mol. The van der Waals surface area contributed by atoms with Gasteiger partial charge in [0.15, 0.2) is 0 Å². The lowest BCUT2D eigenvalue weighted by Gasteiger charge is -2.03. The molecular formula is C7H12N4O2. The molecule has 6 heteroatoms. The van der Waals surface area contributed by atoms with Crippen molar-refractivity contribution in [1.29, 1.82) is 0 Å². The quantitative estimate of drug-likeness (QED) is 0.656. The Kier molecular flexibility index (Phi) is 2.15. The molecule has 72 valence electrons. The fourth-order valence-corrected chi connectivity index (χ4v) is 1.46. The number of aromatic nitrogens is 2. The van der Waals surface area contributed by atoms with Crippen LogP contribution >= 0.6 is 0 Å². The topological polar surface area (TPSA) is 86.2 Å². The molecule has 1 aliphatic rings. The molecule has 1 aliphatic heterocycles. The Morgan fingerprint density at radius 3 is 3.08 bits per heavy atom. The number of hydrogen-bond acceptors (Lipinski definition) is 6. The van der Waals surface area contributed by atoms with Gasteiger partial charge in [0, 0.05) is 13.7 Å². The maximum atomic E-state index is 5.34. The van der Waals surface area contributed by atoms with E-state index < -0.39 is 0 Å². The number of hydrogen-bond donors (Lipinski definition) is 2. The molecule has 13 heavy (non-hydrogen) atoms. The summed E-state index contributed by atoms with van der Waals surface area (Å²) in [5, 5.41) is 6.73. The lowest BCUT2D eigenvalue weighted by atomic mass is 10.2. The molecule has 1 fully saturated rings. The third kappa shape index (κ3) is 1.63. The van der Waals surface area contributed by atoms with Gasteiger partial charge >= 0.3 is 0 Å². The molecule has 0 amide bonds. The average molecular weight is 184 g/mol. The molecule has 1 saturated heterocycles. The number of anilines is 1. The van der Waals surface area contributed by atoms with Crippen molar-refractivity contribution in [3.8, 4) is 0 Å². The van der Waals surface area contributed by atoms with Crippen LogP contribution < -0.4 is 11.1 Å². The molecule has 0 aromatic carbocycles. The molecule has 6 nitrogen and oxygen atoms in total. The highest BCUT2D eigenvalue weighted by Crippen LogP contribution is 2.23. The first-order valence-corrected chi connectivity index (χ1v) is 4.15. The maximum Gasteiger partial charge on any atom is 0.260 e. The van der Waals surface area contributed by atoms with Crippen LogP contribution in [-0.2, 0) is 4.74 Å². The van der Waals surface area contributed by atoms with E-state index >= 15 is 0 Å². The minimum Gasteiger partial charge on any atom is -0.380 e. The van der Waals surface area contributed by atoms with Gasteiger partial charge in [-0.25, -0.2) is 0 Å². The molecule has 2 atom stereocenters. The first kappa shape index (κ1) is 8.46. The van der Waals surface area contributed by atoms with Crippen molar-refractivity contribution < 1.29 is 9.26 Å². The highest BCUT2D eigenvalue weighted by Gasteiger charge is 2.28. The Morgan fingerprint density at radius 1 is 1.69 bits per heavy atom. The minimum atomic E-state index is 0.0785. The first-order valence-electron chi connectivity index (χ1n) is 4.15. The van der Waals surface area contributed by atoms with E-state index in [0.29, 0.717) is 5.89 Å². The fraction of sp³-hybridized carbons (Fsp3) is 0.714. The monoisotopic (exact) mass is 184 g/mol. The van der Waals surface area contributed by atoms with E-state index in [-0.39, 0.29) is 18.1 Å². The van der Waals surface area contributed by atoms with E-state index in [1.165, 1.54) is 0 Å².